The van der Waals surface area contributed by atoms with Crippen molar-refractivity contribution in [3.63, 3.8) is 0 Å². The van der Waals surface area contributed by atoms with Crippen molar-refractivity contribution in [3.05, 3.63) is 77.9 Å². The van der Waals surface area contributed by atoms with Crippen LogP contribution in [-0.2, 0) is 4.79 Å². The summed E-state index contributed by atoms with van der Waals surface area (Å²) in [5.74, 6) is 0.644. The maximum Gasteiger partial charge on any atom is 0.257 e. The zero-order valence-corrected chi connectivity index (χ0v) is 15.8. The molecule has 0 atom stereocenters. The Kier molecular flexibility index (Phi) is 6.07. The average molecular weight is 375 g/mol. The van der Waals surface area contributed by atoms with Crippen molar-refractivity contribution in [2.75, 3.05) is 20.8 Å². The van der Waals surface area contributed by atoms with E-state index in [1.165, 1.54) is 13.2 Å². The Morgan fingerprint density at radius 3 is 2.50 bits per heavy atom. The number of rotatable bonds is 7. The number of fused-ring (bicyclic) bond motifs is 1. The number of carbonyl (C=O) groups excluding carboxylic acids is 2. The van der Waals surface area contributed by atoms with Gasteiger partial charge in [-0.2, -0.15) is 0 Å². The zero-order chi connectivity index (χ0) is 19.9. The summed E-state index contributed by atoms with van der Waals surface area (Å²) in [6.45, 7) is -0.0947. The van der Waals surface area contributed by atoms with E-state index in [2.05, 4.69) is 5.32 Å². The van der Waals surface area contributed by atoms with Gasteiger partial charge in [-0.3, -0.25) is 9.59 Å². The molecule has 0 unspecified atom stereocenters. The van der Waals surface area contributed by atoms with E-state index in [1.54, 1.807) is 31.3 Å². The fourth-order valence-electron chi connectivity index (χ4n) is 2.73. The molecule has 0 aliphatic rings. The van der Waals surface area contributed by atoms with E-state index in [0.717, 1.165) is 16.3 Å². The molecule has 0 radical (unpaired) electrons. The van der Waals surface area contributed by atoms with Crippen molar-refractivity contribution >= 4 is 28.5 Å². The predicted molar refractivity (Wildman–Crippen MR) is 110 cm³/mol. The molecule has 0 heterocycles. The van der Waals surface area contributed by atoms with Gasteiger partial charge in [0.25, 0.3) is 5.91 Å². The summed E-state index contributed by atoms with van der Waals surface area (Å²) < 4.78 is 10.8. The number of amides is 1. The van der Waals surface area contributed by atoms with Crippen molar-refractivity contribution in [1.29, 1.82) is 0 Å². The molecule has 3 rings (SSSR count). The first kappa shape index (κ1) is 19.2. The molecule has 0 saturated heterocycles. The Balaban J connectivity index is 1.75. The van der Waals surface area contributed by atoms with Crippen LogP contribution in [0.3, 0.4) is 0 Å². The average Bonchev–Trinajstić information content (AvgIpc) is 2.75. The topological polar surface area (TPSA) is 64.6 Å². The fraction of sp³-hybridized carbons (Fsp3) is 0.130. The summed E-state index contributed by atoms with van der Waals surface area (Å²) in [4.78, 5) is 23.8. The van der Waals surface area contributed by atoms with Crippen LogP contribution in [0.2, 0.25) is 0 Å². The van der Waals surface area contributed by atoms with Crippen LogP contribution in [0.1, 0.15) is 15.9 Å². The highest BCUT2D eigenvalue weighted by Gasteiger charge is 2.08. The minimum atomic E-state index is -0.230. The molecule has 28 heavy (non-hydrogen) atoms. The lowest BCUT2D eigenvalue weighted by molar-refractivity contribution is -0.122. The molecule has 0 spiro atoms. The first-order chi connectivity index (χ1) is 13.6. The summed E-state index contributed by atoms with van der Waals surface area (Å²) >= 11 is 0. The molecule has 0 aliphatic heterocycles. The first-order valence-electron chi connectivity index (χ1n) is 8.83. The maximum atomic E-state index is 12.5. The van der Waals surface area contributed by atoms with E-state index in [9.17, 15) is 9.59 Å². The molecular formula is C23H21NO4. The van der Waals surface area contributed by atoms with Gasteiger partial charge >= 0.3 is 0 Å². The number of ketones is 1. The van der Waals surface area contributed by atoms with Gasteiger partial charge in [0.1, 0.15) is 0 Å². The lowest BCUT2D eigenvalue weighted by Crippen LogP contribution is -2.24. The third kappa shape index (κ3) is 4.57. The van der Waals surface area contributed by atoms with Crippen LogP contribution in [0.15, 0.2) is 66.7 Å². The number of benzene rings is 3. The Bertz CT molecular complexity index is 1040. The number of allylic oxidation sites excluding steroid dienone is 1. The third-order valence-corrected chi connectivity index (χ3v) is 4.29. The van der Waals surface area contributed by atoms with Gasteiger partial charge in [-0.05, 0) is 40.6 Å². The lowest BCUT2D eigenvalue weighted by Gasteiger charge is -2.10. The summed E-state index contributed by atoms with van der Waals surface area (Å²) in [5, 5.41) is 4.62. The normalized spacial score (nSPS) is 10.8. The Hall–Kier alpha value is -3.60. The molecule has 0 aliphatic carbocycles. The molecule has 0 fully saturated rings. The molecule has 0 saturated carbocycles. The summed E-state index contributed by atoms with van der Waals surface area (Å²) in [6, 6.07) is 18.8. The lowest BCUT2D eigenvalue weighted by atomic mass is 10.0. The summed E-state index contributed by atoms with van der Waals surface area (Å²) in [7, 11) is 3.07. The molecule has 0 aromatic heterocycles. The SMILES string of the molecule is CNC(=O)COc1ccc(C=CC(=O)c2ccc3ccccc3c2)cc1OC. The first-order valence-corrected chi connectivity index (χ1v) is 8.83. The third-order valence-electron chi connectivity index (χ3n) is 4.29. The monoisotopic (exact) mass is 375 g/mol. The van der Waals surface area contributed by atoms with E-state index in [0.29, 0.717) is 17.1 Å². The predicted octanol–water partition coefficient (Wildman–Crippen LogP) is 3.87. The highest BCUT2D eigenvalue weighted by atomic mass is 16.5. The molecule has 142 valence electrons. The molecule has 3 aromatic carbocycles. The molecule has 1 amide bonds. The van der Waals surface area contributed by atoms with Gasteiger partial charge in [0.2, 0.25) is 0 Å². The summed E-state index contributed by atoms with van der Waals surface area (Å²) in [6.07, 6.45) is 3.26. The van der Waals surface area contributed by atoms with E-state index < -0.39 is 0 Å². The Labute approximate surface area is 163 Å². The fourth-order valence-corrected chi connectivity index (χ4v) is 2.73. The largest absolute Gasteiger partial charge is 0.493 e. The number of hydrogen-bond donors (Lipinski definition) is 1. The second kappa shape index (κ2) is 8.86. The van der Waals surface area contributed by atoms with Crippen molar-refractivity contribution in [2.45, 2.75) is 0 Å². The van der Waals surface area contributed by atoms with Crippen molar-refractivity contribution < 1.29 is 19.1 Å². The molecular weight excluding hydrogens is 354 g/mol. The van der Waals surface area contributed by atoms with Gasteiger partial charge in [-0.25, -0.2) is 0 Å². The smallest absolute Gasteiger partial charge is 0.257 e. The zero-order valence-electron chi connectivity index (χ0n) is 15.8. The number of hydrogen-bond acceptors (Lipinski definition) is 4. The van der Waals surface area contributed by atoms with Crippen LogP contribution in [0.25, 0.3) is 16.8 Å². The Morgan fingerprint density at radius 2 is 1.75 bits per heavy atom. The molecule has 1 N–H and O–H groups in total. The van der Waals surface area contributed by atoms with Crippen LogP contribution >= 0.6 is 0 Å². The van der Waals surface area contributed by atoms with Crippen LogP contribution in [-0.4, -0.2) is 32.5 Å². The van der Waals surface area contributed by atoms with E-state index in [-0.39, 0.29) is 18.3 Å². The van der Waals surface area contributed by atoms with Crippen molar-refractivity contribution in [2.24, 2.45) is 0 Å². The Morgan fingerprint density at radius 1 is 0.964 bits per heavy atom. The second-order valence-corrected chi connectivity index (χ2v) is 6.13. The van der Waals surface area contributed by atoms with E-state index in [1.807, 2.05) is 42.5 Å². The van der Waals surface area contributed by atoms with Gasteiger partial charge in [0.05, 0.1) is 7.11 Å². The number of ether oxygens (including phenoxy) is 2. The van der Waals surface area contributed by atoms with Gasteiger partial charge < -0.3 is 14.8 Å². The standard InChI is InChI=1S/C23H21NO4/c1-24-23(26)15-28-21-12-8-16(13-22(21)27-2)7-11-20(25)19-10-9-17-5-3-4-6-18(17)14-19/h3-14H,15H2,1-2H3,(H,24,26). The van der Waals surface area contributed by atoms with Crippen LogP contribution in [0, 0.1) is 0 Å². The maximum absolute atomic E-state index is 12.5. The van der Waals surface area contributed by atoms with Gasteiger partial charge in [-0.1, -0.05) is 48.5 Å². The molecule has 3 aromatic rings. The molecule has 5 nitrogen and oxygen atoms in total. The van der Waals surface area contributed by atoms with Gasteiger partial charge in [0, 0.05) is 12.6 Å². The van der Waals surface area contributed by atoms with Crippen LogP contribution in [0.4, 0.5) is 0 Å². The minimum absolute atomic E-state index is 0.0790. The summed E-state index contributed by atoms with van der Waals surface area (Å²) in [5.41, 5.74) is 1.42. The number of methoxy groups -OCH3 is 1. The highest BCUT2D eigenvalue weighted by molar-refractivity contribution is 6.08. The quantitative estimate of drug-likeness (QED) is 0.503. The van der Waals surface area contributed by atoms with E-state index >= 15 is 0 Å². The van der Waals surface area contributed by atoms with Crippen LogP contribution in [0.5, 0.6) is 11.5 Å². The van der Waals surface area contributed by atoms with Gasteiger partial charge in [0.15, 0.2) is 23.9 Å². The number of nitrogens with one attached hydrogen (secondary N) is 1. The number of likely N-dealkylation sites (N-methyl/N-ethyl adjacent to an activating group) is 1. The molecule has 5 heteroatoms. The highest BCUT2D eigenvalue weighted by Crippen LogP contribution is 2.28. The second-order valence-electron chi connectivity index (χ2n) is 6.13. The number of carbonyl (C=O) groups is 2. The minimum Gasteiger partial charge on any atom is -0.493 e. The van der Waals surface area contributed by atoms with Crippen molar-refractivity contribution in [1.82, 2.24) is 5.32 Å². The van der Waals surface area contributed by atoms with Crippen LogP contribution < -0.4 is 14.8 Å². The molecule has 0 bridgehead atoms. The van der Waals surface area contributed by atoms with Crippen molar-refractivity contribution in [3.8, 4) is 11.5 Å². The van der Waals surface area contributed by atoms with E-state index in [4.69, 9.17) is 9.47 Å². The van der Waals surface area contributed by atoms with Gasteiger partial charge in [-0.15, -0.1) is 0 Å².